The van der Waals surface area contributed by atoms with Crippen molar-refractivity contribution >= 4 is 11.6 Å². The van der Waals surface area contributed by atoms with Crippen LogP contribution in [0.3, 0.4) is 0 Å². The van der Waals surface area contributed by atoms with Gasteiger partial charge in [-0.05, 0) is 42.0 Å². The number of amides is 1. The summed E-state index contributed by atoms with van der Waals surface area (Å²) >= 11 is 0. The monoisotopic (exact) mass is 402 g/mol. The molecular formula is C25H26N2O3. The van der Waals surface area contributed by atoms with Crippen LogP contribution in [0, 0.1) is 0 Å². The van der Waals surface area contributed by atoms with Gasteiger partial charge in [0.05, 0.1) is 18.8 Å². The van der Waals surface area contributed by atoms with E-state index in [1.165, 1.54) is 5.69 Å². The summed E-state index contributed by atoms with van der Waals surface area (Å²) in [5.74, 6) is 1.20. The zero-order valence-electron chi connectivity index (χ0n) is 17.2. The smallest absolute Gasteiger partial charge is 0.257 e. The molecule has 30 heavy (non-hydrogen) atoms. The zero-order chi connectivity index (χ0) is 20.8. The quantitative estimate of drug-likeness (QED) is 0.605. The van der Waals surface area contributed by atoms with Gasteiger partial charge in [-0.1, -0.05) is 42.5 Å². The minimum atomic E-state index is -0.0706. The maximum Gasteiger partial charge on any atom is 0.257 e. The zero-order valence-corrected chi connectivity index (χ0v) is 17.2. The van der Waals surface area contributed by atoms with Gasteiger partial charge in [-0.2, -0.15) is 0 Å². The maximum absolute atomic E-state index is 13.1. The summed E-state index contributed by atoms with van der Waals surface area (Å²) in [6.07, 6.45) is 0. The largest absolute Gasteiger partial charge is 0.457 e. The molecule has 0 saturated carbocycles. The van der Waals surface area contributed by atoms with Crippen molar-refractivity contribution in [3.05, 3.63) is 90.0 Å². The van der Waals surface area contributed by atoms with Gasteiger partial charge in [-0.25, -0.2) is 0 Å². The second-order valence-corrected chi connectivity index (χ2v) is 7.34. The molecule has 5 nitrogen and oxygen atoms in total. The molecule has 0 radical (unpaired) electrons. The lowest BCUT2D eigenvalue weighted by atomic mass is 10.1. The third kappa shape index (κ3) is 4.81. The Balaban J connectivity index is 1.44. The summed E-state index contributed by atoms with van der Waals surface area (Å²) in [5, 5.41) is 0. The van der Waals surface area contributed by atoms with Crippen LogP contribution >= 0.6 is 0 Å². The van der Waals surface area contributed by atoms with Crippen molar-refractivity contribution in [2.45, 2.75) is 6.54 Å². The summed E-state index contributed by atoms with van der Waals surface area (Å²) in [7, 11) is 1.82. The van der Waals surface area contributed by atoms with Gasteiger partial charge in [0.15, 0.2) is 0 Å². The molecule has 4 rings (SSSR count). The van der Waals surface area contributed by atoms with E-state index in [9.17, 15) is 4.79 Å². The van der Waals surface area contributed by atoms with Crippen molar-refractivity contribution in [3.63, 3.8) is 0 Å². The highest BCUT2D eigenvalue weighted by molar-refractivity contribution is 5.96. The van der Waals surface area contributed by atoms with Crippen molar-refractivity contribution < 1.29 is 14.3 Å². The lowest BCUT2D eigenvalue weighted by Gasteiger charge is -2.29. The second kappa shape index (κ2) is 9.46. The van der Waals surface area contributed by atoms with Crippen LogP contribution in [0.1, 0.15) is 15.9 Å². The van der Waals surface area contributed by atoms with E-state index in [0.717, 1.165) is 31.9 Å². The molecule has 0 atom stereocenters. The lowest BCUT2D eigenvalue weighted by Crippen LogP contribution is -2.36. The van der Waals surface area contributed by atoms with Gasteiger partial charge in [0.25, 0.3) is 5.91 Å². The van der Waals surface area contributed by atoms with Crippen LogP contribution in [-0.2, 0) is 11.3 Å². The van der Waals surface area contributed by atoms with Crippen LogP contribution in [0.2, 0.25) is 0 Å². The van der Waals surface area contributed by atoms with Crippen LogP contribution in [0.4, 0.5) is 5.69 Å². The molecule has 0 N–H and O–H groups in total. The van der Waals surface area contributed by atoms with E-state index < -0.39 is 0 Å². The van der Waals surface area contributed by atoms with Crippen molar-refractivity contribution in [1.82, 2.24) is 4.90 Å². The van der Waals surface area contributed by atoms with Gasteiger partial charge >= 0.3 is 0 Å². The molecule has 1 aliphatic rings. The van der Waals surface area contributed by atoms with Crippen molar-refractivity contribution in [3.8, 4) is 11.5 Å². The minimum Gasteiger partial charge on any atom is -0.457 e. The van der Waals surface area contributed by atoms with Crippen molar-refractivity contribution in [2.75, 3.05) is 38.3 Å². The molecule has 1 amide bonds. The minimum absolute atomic E-state index is 0.0706. The number of hydrogen-bond donors (Lipinski definition) is 0. The SMILES string of the molecule is CN(Cc1ccc(N2CCOCC2)cc1)C(=O)c1ccccc1Oc1ccccc1. The Morgan fingerprint density at radius 1 is 0.933 bits per heavy atom. The first-order valence-electron chi connectivity index (χ1n) is 10.2. The van der Waals surface area contributed by atoms with Crippen LogP contribution in [0.5, 0.6) is 11.5 Å². The van der Waals surface area contributed by atoms with Gasteiger partial charge in [0.2, 0.25) is 0 Å². The third-order valence-corrected chi connectivity index (χ3v) is 5.17. The first-order chi connectivity index (χ1) is 14.7. The predicted octanol–water partition coefficient (Wildman–Crippen LogP) is 4.59. The van der Waals surface area contributed by atoms with Gasteiger partial charge in [-0.15, -0.1) is 0 Å². The number of nitrogens with zero attached hydrogens (tertiary/aromatic N) is 2. The summed E-state index contributed by atoms with van der Waals surface area (Å²) in [6.45, 7) is 3.89. The van der Waals surface area contributed by atoms with E-state index in [0.29, 0.717) is 23.6 Å². The summed E-state index contributed by atoms with van der Waals surface area (Å²) in [4.78, 5) is 17.1. The van der Waals surface area contributed by atoms with Gasteiger partial charge in [-0.3, -0.25) is 4.79 Å². The molecule has 1 heterocycles. The van der Waals surface area contributed by atoms with Crippen molar-refractivity contribution in [1.29, 1.82) is 0 Å². The Kier molecular flexibility index (Phi) is 6.30. The fraction of sp³-hybridized carbons (Fsp3) is 0.240. The Bertz CT molecular complexity index is 967. The van der Waals surface area contributed by atoms with Gasteiger partial charge in [0, 0.05) is 32.4 Å². The Labute approximate surface area is 177 Å². The number of benzene rings is 3. The molecule has 0 unspecified atom stereocenters. The highest BCUT2D eigenvalue weighted by Crippen LogP contribution is 2.26. The third-order valence-electron chi connectivity index (χ3n) is 5.17. The fourth-order valence-corrected chi connectivity index (χ4v) is 3.53. The van der Waals surface area contributed by atoms with Crippen molar-refractivity contribution in [2.24, 2.45) is 0 Å². The predicted molar refractivity (Wildman–Crippen MR) is 118 cm³/mol. The summed E-state index contributed by atoms with van der Waals surface area (Å²) < 4.78 is 11.4. The molecule has 1 saturated heterocycles. The number of ether oxygens (including phenoxy) is 2. The molecule has 0 bridgehead atoms. The lowest BCUT2D eigenvalue weighted by molar-refractivity contribution is 0.0782. The molecule has 1 aliphatic heterocycles. The van der Waals surface area contributed by atoms with E-state index in [4.69, 9.17) is 9.47 Å². The standard InChI is InChI=1S/C25H26N2O3/c1-26(19-20-11-13-21(14-12-20)27-15-17-29-18-16-27)25(28)23-9-5-6-10-24(23)30-22-7-3-2-4-8-22/h2-14H,15-19H2,1H3. The molecule has 154 valence electrons. The van der Waals surface area contributed by atoms with Gasteiger partial charge in [0.1, 0.15) is 11.5 Å². The molecule has 3 aromatic rings. The number of anilines is 1. The highest BCUT2D eigenvalue weighted by Gasteiger charge is 2.18. The molecule has 0 aromatic heterocycles. The number of rotatable bonds is 6. The number of para-hydroxylation sites is 2. The summed E-state index contributed by atoms with van der Waals surface area (Å²) in [6, 6.07) is 25.3. The fourth-order valence-electron chi connectivity index (χ4n) is 3.53. The first-order valence-corrected chi connectivity index (χ1v) is 10.2. The van der Waals surface area contributed by atoms with Crippen LogP contribution in [-0.4, -0.2) is 44.2 Å². The average molecular weight is 402 g/mol. The Morgan fingerprint density at radius 2 is 1.60 bits per heavy atom. The molecule has 0 aliphatic carbocycles. The van der Waals surface area contributed by atoms with Crippen LogP contribution in [0.25, 0.3) is 0 Å². The van der Waals surface area contributed by atoms with E-state index in [1.54, 1.807) is 11.0 Å². The summed E-state index contributed by atoms with van der Waals surface area (Å²) in [5.41, 5.74) is 2.83. The Morgan fingerprint density at radius 3 is 2.33 bits per heavy atom. The molecule has 0 spiro atoms. The molecular weight excluding hydrogens is 376 g/mol. The van der Waals surface area contributed by atoms with E-state index >= 15 is 0 Å². The van der Waals surface area contributed by atoms with E-state index in [-0.39, 0.29) is 5.91 Å². The number of carbonyl (C=O) groups is 1. The second-order valence-electron chi connectivity index (χ2n) is 7.34. The number of morpholine rings is 1. The molecule has 3 aromatic carbocycles. The topological polar surface area (TPSA) is 42.0 Å². The van der Waals surface area contributed by atoms with Gasteiger partial charge < -0.3 is 19.3 Å². The number of hydrogen-bond acceptors (Lipinski definition) is 4. The van der Waals surface area contributed by atoms with E-state index in [2.05, 4.69) is 29.2 Å². The van der Waals surface area contributed by atoms with E-state index in [1.807, 2.05) is 55.6 Å². The average Bonchev–Trinajstić information content (AvgIpc) is 2.81. The van der Waals surface area contributed by atoms with Crippen LogP contribution < -0.4 is 9.64 Å². The maximum atomic E-state index is 13.1. The Hall–Kier alpha value is -3.31. The number of carbonyl (C=O) groups excluding carboxylic acids is 1. The molecule has 5 heteroatoms. The molecule has 1 fully saturated rings. The first kappa shape index (κ1) is 20.0. The highest BCUT2D eigenvalue weighted by atomic mass is 16.5. The van der Waals surface area contributed by atoms with Crippen LogP contribution in [0.15, 0.2) is 78.9 Å². The normalized spacial score (nSPS) is 13.7.